The second kappa shape index (κ2) is 16.1. The van der Waals surface area contributed by atoms with E-state index in [0.29, 0.717) is 12.8 Å². The molecular formula is C30H49NO6. The molecule has 7 heteroatoms. The first-order chi connectivity index (χ1) is 17.6. The van der Waals surface area contributed by atoms with E-state index in [2.05, 4.69) is 6.92 Å². The quantitative estimate of drug-likeness (QED) is 0.127. The van der Waals surface area contributed by atoms with Crippen LogP contribution in [0.4, 0.5) is 0 Å². The first-order valence-corrected chi connectivity index (χ1v) is 14.1. The maximum Gasteiger partial charge on any atom is 0.224 e. The summed E-state index contributed by atoms with van der Waals surface area (Å²) in [6.07, 6.45) is 10.3. The van der Waals surface area contributed by atoms with Crippen molar-refractivity contribution in [3.05, 3.63) is 41.5 Å². The molecule has 2 rings (SSSR count). The number of aryl methyl sites for hydroxylation is 1. The smallest absolute Gasteiger partial charge is 0.224 e. The van der Waals surface area contributed by atoms with Crippen LogP contribution < -0.4 is 0 Å². The first-order valence-electron chi connectivity index (χ1n) is 14.1. The molecule has 0 heterocycles. The maximum absolute atomic E-state index is 12.5. The number of likely N-dealkylation sites (N-methyl/N-ethyl adjacent to an activating group) is 1. The average Bonchev–Trinajstić information content (AvgIpc) is 3.13. The lowest BCUT2D eigenvalue weighted by atomic mass is 9.88. The Morgan fingerprint density at radius 2 is 1.81 bits per heavy atom. The van der Waals surface area contributed by atoms with Gasteiger partial charge >= 0.3 is 0 Å². The number of benzene rings is 1. The second-order valence-corrected chi connectivity index (χ2v) is 10.8. The number of aliphatic hydroxyl groups is 4. The SMILES string of the molecule is CCCCC[C@H](O)/C=C/[C@@H]1[C@@H](CCCCCCC(=O)N(C)C(O)Cc2ccc(C)c(O)c2)[C@@H](O)C[C@H]1O. The van der Waals surface area contributed by atoms with E-state index in [1.807, 2.05) is 19.1 Å². The van der Waals surface area contributed by atoms with Gasteiger partial charge in [0.25, 0.3) is 0 Å². The number of rotatable bonds is 16. The molecule has 1 fully saturated rings. The Kier molecular flexibility index (Phi) is 13.6. The van der Waals surface area contributed by atoms with Gasteiger partial charge in [-0.15, -0.1) is 0 Å². The molecule has 0 aliphatic heterocycles. The van der Waals surface area contributed by atoms with Crippen molar-refractivity contribution in [3.63, 3.8) is 0 Å². The van der Waals surface area contributed by atoms with Crippen LogP contribution in [-0.4, -0.2) is 67.9 Å². The third kappa shape index (κ3) is 10.4. The van der Waals surface area contributed by atoms with Gasteiger partial charge < -0.3 is 30.4 Å². The highest BCUT2D eigenvalue weighted by Crippen LogP contribution is 2.37. The number of nitrogens with zero attached hydrogens (tertiary/aromatic N) is 1. The predicted molar refractivity (Wildman–Crippen MR) is 146 cm³/mol. The van der Waals surface area contributed by atoms with E-state index in [1.165, 1.54) is 4.90 Å². The molecule has 0 bridgehead atoms. The number of unbranched alkanes of at least 4 members (excludes halogenated alkanes) is 5. The molecule has 5 N–H and O–H groups in total. The molecule has 0 saturated heterocycles. The molecule has 210 valence electrons. The highest BCUT2D eigenvalue weighted by atomic mass is 16.3. The lowest BCUT2D eigenvalue weighted by Crippen LogP contribution is -2.38. The summed E-state index contributed by atoms with van der Waals surface area (Å²) in [5.74, 6) is -0.0808. The Balaban J connectivity index is 1.68. The molecule has 1 unspecified atom stereocenters. The van der Waals surface area contributed by atoms with E-state index in [-0.39, 0.29) is 29.9 Å². The number of hydrogen-bond donors (Lipinski definition) is 5. The lowest BCUT2D eigenvalue weighted by molar-refractivity contribution is -0.138. The fourth-order valence-corrected chi connectivity index (χ4v) is 5.22. The number of carbonyl (C=O) groups is 1. The van der Waals surface area contributed by atoms with Crippen molar-refractivity contribution in [2.45, 2.75) is 115 Å². The largest absolute Gasteiger partial charge is 0.508 e. The van der Waals surface area contributed by atoms with Crippen LogP contribution in [0, 0.1) is 18.8 Å². The van der Waals surface area contributed by atoms with Crippen molar-refractivity contribution >= 4 is 5.91 Å². The summed E-state index contributed by atoms with van der Waals surface area (Å²) in [4.78, 5) is 13.9. The third-order valence-electron chi connectivity index (χ3n) is 7.79. The van der Waals surface area contributed by atoms with Gasteiger partial charge in [0.15, 0.2) is 0 Å². The Morgan fingerprint density at radius 1 is 1.08 bits per heavy atom. The normalized spacial score (nSPS) is 23.4. The molecule has 0 aromatic heterocycles. The number of phenols is 1. The molecular weight excluding hydrogens is 470 g/mol. The topological polar surface area (TPSA) is 121 Å². The molecule has 1 saturated carbocycles. The average molecular weight is 520 g/mol. The molecule has 1 aromatic carbocycles. The Morgan fingerprint density at radius 3 is 2.51 bits per heavy atom. The van der Waals surface area contributed by atoms with E-state index >= 15 is 0 Å². The molecule has 1 aliphatic rings. The maximum atomic E-state index is 12.5. The molecule has 1 aromatic rings. The summed E-state index contributed by atoms with van der Waals surface area (Å²) < 4.78 is 0. The summed E-state index contributed by atoms with van der Waals surface area (Å²) in [6, 6.07) is 5.25. The second-order valence-electron chi connectivity index (χ2n) is 10.8. The molecule has 0 radical (unpaired) electrons. The standard InChI is InChI=1S/C30H49NO6/c1-4-5-8-11-23(32)16-17-25-24(27(34)20-28(25)35)12-9-6-7-10-13-29(36)31(3)30(37)19-22-15-14-21(2)26(33)18-22/h14-18,23-25,27-28,30,32-35,37H,4-13,19-20H2,1-3H3/b17-16+/t23-,24+,25+,27-,28+,30?/m0/s1. The van der Waals surface area contributed by atoms with Crippen molar-refractivity contribution in [2.24, 2.45) is 11.8 Å². The molecule has 1 amide bonds. The third-order valence-corrected chi connectivity index (χ3v) is 7.79. The van der Waals surface area contributed by atoms with E-state index < -0.39 is 24.5 Å². The highest BCUT2D eigenvalue weighted by Gasteiger charge is 2.39. The molecule has 7 nitrogen and oxygen atoms in total. The number of phenolic OH excluding ortho intramolecular Hbond substituents is 1. The minimum absolute atomic E-state index is 0.0155. The van der Waals surface area contributed by atoms with Crippen molar-refractivity contribution in [3.8, 4) is 5.75 Å². The fraction of sp³-hybridized carbons (Fsp3) is 0.700. The van der Waals surface area contributed by atoms with E-state index in [1.54, 1.807) is 25.3 Å². The Bertz CT molecular complexity index is 843. The molecule has 1 aliphatic carbocycles. The minimum atomic E-state index is -0.944. The summed E-state index contributed by atoms with van der Waals surface area (Å²) in [5, 5.41) is 51.3. The number of amides is 1. The minimum Gasteiger partial charge on any atom is -0.508 e. The van der Waals surface area contributed by atoms with Gasteiger partial charge in [0.05, 0.1) is 18.3 Å². The van der Waals surface area contributed by atoms with Gasteiger partial charge in [-0.3, -0.25) is 4.79 Å². The van der Waals surface area contributed by atoms with Crippen LogP contribution in [0.15, 0.2) is 30.4 Å². The number of aromatic hydroxyl groups is 1. The fourth-order valence-electron chi connectivity index (χ4n) is 5.22. The van der Waals surface area contributed by atoms with Gasteiger partial charge in [-0.25, -0.2) is 0 Å². The lowest BCUT2D eigenvalue weighted by Gasteiger charge is -2.24. The van der Waals surface area contributed by atoms with Crippen LogP contribution >= 0.6 is 0 Å². The predicted octanol–water partition coefficient (Wildman–Crippen LogP) is 4.22. The van der Waals surface area contributed by atoms with Crippen LogP contribution in [0.1, 0.15) is 88.7 Å². The molecule has 37 heavy (non-hydrogen) atoms. The Labute approximate surface area is 222 Å². The molecule has 0 spiro atoms. The summed E-state index contributed by atoms with van der Waals surface area (Å²) >= 11 is 0. The van der Waals surface area contributed by atoms with Crippen LogP contribution in [0.3, 0.4) is 0 Å². The summed E-state index contributed by atoms with van der Waals surface area (Å²) in [7, 11) is 1.60. The zero-order chi connectivity index (χ0) is 27.4. The van der Waals surface area contributed by atoms with Crippen molar-refractivity contribution in [1.29, 1.82) is 0 Å². The van der Waals surface area contributed by atoms with E-state index in [4.69, 9.17) is 0 Å². The van der Waals surface area contributed by atoms with Gasteiger partial charge in [0, 0.05) is 32.2 Å². The van der Waals surface area contributed by atoms with Crippen LogP contribution in [0.5, 0.6) is 5.75 Å². The van der Waals surface area contributed by atoms with Crippen molar-refractivity contribution in [1.82, 2.24) is 4.90 Å². The highest BCUT2D eigenvalue weighted by molar-refractivity contribution is 5.76. The van der Waals surface area contributed by atoms with Gasteiger partial charge in [0.2, 0.25) is 5.91 Å². The van der Waals surface area contributed by atoms with Crippen LogP contribution in [-0.2, 0) is 11.2 Å². The van der Waals surface area contributed by atoms with Crippen LogP contribution in [0.25, 0.3) is 0 Å². The summed E-state index contributed by atoms with van der Waals surface area (Å²) in [5.41, 5.74) is 1.54. The first kappa shape index (κ1) is 31.3. The van der Waals surface area contributed by atoms with Crippen LogP contribution in [0.2, 0.25) is 0 Å². The number of aliphatic hydroxyl groups excluding tert-OH is 4. The van der Waals surface area contributed by atoms with Crippen molar-refractivity contribution < 1.29 is 30.3 Å². The van der Waals surface area contributed by atoms with E-state index in [9.17, 15) is 30.3 Å². The van der Waals surface area contributed by atoms with Gasteiger partial charge in [-0.05, 0) is 49.3 Å². The van der Waals surface area contributed by atoms with Gasteiger partial charge in [-0.1, -0.05) is 69.7 Å². The zero-order valence-electron chi connectivity index (χ0n) is 22.9. The summed E-state index contributed by atoms with van der Waals surface area (Å²) in [6.45, 7) is 3.94. The van der Waals surface area contributed by atoms with E-state index in [0.717, 1.165) is 68.9 Å². The van der Waals surface area contributed by atoms with Gasteiger partial charge in [-0.2, -0.15) is 0 Å². The monoisotopic (exact) mass is 519 g/mol. The zero-order valence-corrected chi connectivity index (χ0v) is 22.9. The number of hydrogen-bond acceptors (Lipinski definition) is 6. The Hall–Kier alpha value is -1.93. The van der Waals surface area contributed by atoms with Crippen molar-refractivity contribution in [2.75, 3.05) is 7.05 Å². The number of carbonyl (C=O) groups excluding carboxylic acids is 1. The molecule has 6 atom stereocenters. The van der Waals surface area contributed by atoms with Gasteiger partial charge in [0.1, 0.15) is 12.0 Å².